The molecule has 0 spiro atoms. The number of thiophene rings is 1. The lowest BCUT2D eigenvalue weighted by Crippen LogP contribution is -2.33. The molecule has 0 aliphatic carbocycles. The Bertz CT molecular complexity index is 536. The fourth-order valence-electron chi connectivity index (χ4n) is 1.67. The van der Waals surface area contributed by atoms with Crippen molar-refractivity contribution in [3.63, 3.8) is 0 Å². The first kappa shape index (κ1) is 14.6. The quantitative estimate of drug-likeness (QED) is 0.501. The molecule has 1 aliphatic rings. The summed E-state index contributed by atoms with van der Waals surface area (Å²) in [6, 6.07) is 2.94. The molecule has 8 nitrogen and oxygen atoms in total. The Morgan fingerprint density at radius 1 is 1.60 bits per heavy atom. The van der Waals surface area contributed by atoms with E-state index in [4.69, 9.17) is 9.47 Å². The smallest absolute Gasteiger partial charge is 0.324 e. The van der Waals surface area contributed by atoms with Crippen molar-refractivity contribution >= 4 is 28.5 Å². The molecule has 0 radical (unpaired) electrons. The molecule has 1 amide bonds. The van der Waals surface area contributed by atoms with Crippen LogP contribution in [0.15, 0.2) is 17.2 Å². The molecule has 0 aromatic carbocycles. The number of rotatable bonds is 5. The average Bonchev–Trinajstić information content (AvgIpc) is 2.98. The molecule has 1 N–H and O–H groups in total. The number of hydrazone groups is 1. The van der Waals surface area contributed by atoms with Crippen molar-refractivity contribution in [2.75, 3.05) is 13.2 Å². The van der Waals surface area contributed by atoms with Crippen LogP contribution in [-0.2, 0) is 14.3 Å². The molecule has 20 heavy (non-hydrogen) atoms. The first-order chi connectivity index (χ1) is 9.48. The summed E-state index contributed by atoms with van der Waals surface area (Å²) in [7, 11) is 0. The van der Waals surface area contributed by atoms with Crippen molar-refractivity contribution < 1.29 is 19.2 Å². The number of nitrogens with one attached hydrogen (secondary N) is 1. The highest BCUT2D eigenvalue weighted by molar-refractivity contribution is 7.16. The Kier molecular flexibility index (Phi) is 4.42. The fourth-order valence-corrected chi connectivity index (χ4v) is 2.36. The van der Waals surface area contributed by atoms with Crippen LogP contribution in [0, 0.1) is 10.1 Å². The predicted molar refractivity (Wildman–Crippen MR) is 71.6 cm³/mol. The molecule has 1 aromatic rings. The number of carbonyl (C=O) groups excluding carboxylic acids is 1. The number of carbonyl (C=O) groups is 1. The molecule has 2 rings (SSSR count). The maximum atomic E-state index is 11.6. The summed E-state index contributed by atoms with van der Waals surface area (Å²) >= 11 is 0.976. The highest BCUT2D eigenvalue weighted by Gasteiger charge is 2.33. The van der Waals surface area contributed by atoms with Crippen LogP contribution >= 0.6 is 11.3 Å². The van der Waals surface area contributed by atoms with Crippen LogP contribution in [-0.4, -0.2) is 36.0 Å². The van der Waals surface area contributed by atoms with Gasteiger partial charge < -0.3 is 9.47 Å². The second-order valence-corrected chi connectivity index (χ2v) is 5.33. The monoisotopic (exact) mass is 299 g/mol. The van der Waals surface area contributed by atoms with Gasteiger partial charge in [0.1, 0.15) is 0 Å². The summed E-state index contributed by atoms with van der Waals surface area (Å²) in [5.41, 5.74) is 2.33. The van der Waals surface area contributed by atoms with Gasteiger partial charge in [0.2, 0.25) is 5.91 Å². The summed E-state index contributed by atoms with van der Waals surface area (Å²) in [4.78, 5) is 22.2. The van der Waals surface area contributed by atoms with Gasteiger partial charge in [-0.15, -0.1) is 0 Å². The molecule has 1 aromatic heterocycles. The highest BCUT2D eigenvalue weighted by atomic mass is 32.1. The maximum Gasteiger partial charge on any atom is 0.324 e. The third kappa shape index (κ3) is 3.83. The van der Waals surface area contributed by atoms with E-state index in [2.05, 4.69) is 10.5 Å². The minimum Gasteiger partial charge on any atom is -0.347 e. The van der Waals surface area contributed by atoms with Gasteiger partial charge in [-0.1, -0.05) is 11.3 Å². The molecule has 1 saturated heterocycles. The van der Waals surface area contributed by atoms with Gasteiger partial charge in [-0.3, -0.25) is 14.9 Å². The van der Waals surface area contributed by atoms with Crippen LogP contribution in [0.25, 0.3) is 0 Å². The van der Waals surface area contributed by atoms with E-state index >= 15 is 0 Å². The molecule has 0 unspecified atom stereocenters. The first-order valence-electron chi connectivity index (χ1n) is 5.82. The molecular weight excluding hydrogens is 286 g/mol. The fraction of sp³-hybridized carbons (Fsp3) is 0.455. The average molecular weight is 299 g/mol. The van der Waals surface area contributed by atoms with Crippen LogP contribution in [0.3, 0.4) is 0 Å². The van der Waals surface area contributed by atoms with Crippen LogP contribution in [0.4, 0.5) is 5.00 Å². The summed E-state index contributed by atoms with van der Waals surface area (Å²) in [6.45, 7) is 2.61. The number of nitrogens with zero attached hydrogens (tertiary/aromatic N) is 2. The minimum atomic E-state index is -0.901. The second kappa shape index (κ2) is 6.07. The Hall–Kier alpha value is -1.84. The van der Waals surface area contributed by atoms with Gasteiger partial charge in [0.05, 0.1) is 35.6 Å². The van der Waals surface area contributed by atoms with E-state index in [0.717, 1.165) is 11.3 Å². The number of hydrogen-bond donors (Lipinski definition) is 1. The lowest BCUT2D eigenvalue weighted by Gasteiger charge is -2.20. The first-order valence-corrected chi connectivity index (χ1v) is 6.64. The highest BCUT2D eigenvalue weighted by Crippen LogP contribution is 2.23. The third-order valence-corrected chi connectivity index (χ3v) is 3.52. The number of amides is 1. The third-order valence-electron chi connectivity index (χ3n) is 2.55. The van der Waals surface area contributed by atoms with Crippen molar-refractivity contribution in [2.45, 2.75) is 19.1 Å². The molecule has 2 heterocycles. The van der Waals surface area contributed by atoms with E-state index in [1.54, 1.807) is 13.0 Å². The molecule has 0 bridgehead atoms. The van der Waals surface area contributed by atoms with Gasteiger partial charge in [0.15, 0.2) is 5.79 Å². The molecule has 1 fully saturated rings. The van der Waals surface area contributed by atoms with Crippen molar-refractivity contribution in [3.8, 4) is 0 Å². The van der Waals surface area contributed by atoms with Crippen molar-refractivity contribution in [1.29, 1.82) is 0 Å². The zero-order valence-electron chi connectivity index (χ0n) is 10.7. The standard InChI is InChI=1S/C11H13N3O5S/c1-11(18-4-5-19-11)6-9(15)13-12-7-8-2-3-10(20-8)14(16)17/h2-3,7H,4-6H2,1H3,(H,13,15)/b12-7+. The van der Waals surface area contributed by atoms with Crippen molar-refractivity contribution in [3.05, 3.63) is 27.1 Å². The molecule has 0 atom stereocenters. The van der Waals surface area contributed by atoms with Crippen molar-refractivity contribution in [1.82, 2.24) is 5.43 Å². The Balaban J connectivity index is 1.83. The van der Waals surface area contributed by atoms with E-state index in [1.165, 1.54) is 12.3 Å². The van der Waals surface area contributed by atoms with Gasteiger partial charge in [-0.05, 0) is 13.0 Å². The zero-order valence-corrected chi connectivity index (χ0v) is 11.5. The van der Waals surface area contributed by atoms with Crippen LogP contribution in [0.2, 0.25) is 0 Å². The lowest BCUT2D eigenvalue weighted by atomic mass is 10.2. The van der Waals surface area contributed by atoms with Gasteiger partial charge in [0, 0.05) is 6.07 Å². The number of nitro groups is 1. The Labute approximate surface area is 118 Å². The largest absolute Gasteiger partial charge is 0.347 e. The molecule has 1 aliphatic heterocycles. The molecule has 108 valence electrons. The zero-order chi connectivity index (χ0) is 14.6. The molecule has 9 heteroatoms. The Morgan fingerprint density at radius 2 is 2.30 bits per heavy atom. The van der Waals surface area contributed by atoms with Gasteiger partial charge in [-0.25, -0.2) is 5.43 Å². The Morgan fingerprint density at radius 3 is 2.90 bits per heavy atom. The van der Waals surface area contributed by atoms with Crippen molar-refractivity contribution in [2.24, 2.45) is 5.10 Å². The van der Waals surface area contributed by atoms with Crippen LogP contribution in [0.5, 0.6) is 0 Å². The normalized spacial score (nSPS) is 17.4. The van der Waals surface area contributed by atoms with E-state index in [1.807, 2.05) is 0 Å². The van der Waals surface area contributed by atoms with E-state index < -0.39 is 10.7 Å². The summed E-state index contributed by atoms with van der Waals surface area (Å²) in [5.74, 6) is -1.25. The minimum absolute atomic E-state index is 0.0260. The van der Waals surface area contributed by atoms with Gasteiger partial charge >= 0.3 is 5.00 Å². The van der Waals surface area contributed by atoms with Crippen LogP contribution < -0.4 is 5.43 Å². The predicted octanol–water partition coefficient (Wildman–Crippen LogP) is 1.26. The topological polar surface area (TPSA) is 103 Å². The second-order valence-electron chi connectivity index (χ2n) is 4.23. The van der Waals surface area contributed by atoms with Gasteiger partial charge in [-0.2, -0.15) is 5.10 Å². The lowest BCUT2D eigenvalue weighted by molar-refractivity contribution is -0.380. The molecular formula is C11H13N3O5S. The van der Waals surface area contributed by atoms with E-state index in [9.17, 15) is 14.9 Å². The number of ether oxygens (including phenoxy) is 2. The van der Waals surface area contributed by atoms with Gasteiger partial charge in [0.25, 0.3) is 0 Å². The molecule has 0 saturated carbocycles. The van der Waals surface area contributed by atoms with E-state index in [0.29, 0.717) is 18.1 Å². The van der Waals surface area contributed by atoms with Crippen LogP contribution in [0.1, 0.15) is 18.2 Å². The summed E-state index contributed by atoms with van der Waals surface area (Å²) in [6.07, 6.45) is 1.39. The SMILES string of the molecule is CC1(CC(=O)N/N=C/c2ccc([N+](=O)[O-])s2)OCCO1. The summed E-state index contributed by atoms with van der Waals surface area (Å²) in [5, 5.41) is 14.3. The number of hydrogen-bond acceptors (Lipinski definition) is 7. The van der Waals surface area contributed by atoms with E-state index in [-0.39, 0.29) is 17.3 Å². The maximum absolute atomic E-state index is 11.6. The summed E-state index contributed by atoms with van der Waals surface area (Å²) < 4.78 is 10.6.